The van der Waals surface area contributed by atoms with Crippen molar-refractivity contribution in [2.45, 2.75) is 19.3 Å². The Bertz CT molecular complexity index is 772. The molecule has 5 heteroatoms. The summed E-state index contributed by atoms with van der Waals surface area (Å²) < 4.78 is 0. The molecule has 0 fully saturated rings. The molecule has 0 bridgehead atoms. The van der Waals surface area contributed by atoms with Crippen molar-refractivity contribution in [1.82, 2.24) is 15.2 Å². The molecule has 0 saturated heterocycles. The molecular weight excluding hydrogens is 268 g/mol. The van der Waals surface area contributed by atoms with Gasteiger partial charge in [0.1, 0.15) is 10.8 Å². The Labute approximate surface area is 120 Å². The maximum Gasteiger partial charge on any atom is 0.129 e. The van der Waals surface area contributed by atoms with Gasteiger partial charge in [0.25, 0.3) is 0 Å². The molecule has 0 aliphatic heterocycles. The van der Waals surface area contributed by atoms with Crippen molar-refractivity contribution in [2.75, 3.05) is 5.73 Å². The van der Waals surface area contributed by atoms with Crippen LogP contribution in [0.25, 0.3) is 21.8 Å². The minimum absolute atomic E-state index is 0.585. The number of aryl methyl sites for hydroxylation is 2. The lowest BCUT2D eigenvalue weighted by Crippen LogP contribution is -1.89. The molecule has 1 aromatic carbocycles. The van der Waals surface area contributed by atoms with Gasteiger partial charge in [0.15, 0.2) is 0 Å². The molecule has 0 amide bonds. The standard InChI is InChI=1S/C15H14N4S/c16-14-11(8-17-19-14)15-18-13-10-6-2-1-4-9(10)5-3-7-12(13)20-15/h1-2,4,6,8H,3,5,7H2,(H3,16,17,19). The van der Waals surface area contributed by atoms with E-state index in [4.69, 9.17) is 10.7 Å². The highest BCUT2D eigenvalue weighted by atomic mass is 32.1. The number of nitrogens with two attached hydrogens (primary N) is 1. The lowest BCUT2D eigenvalue weighted by Gasteiger charge is -2.03. The van der Waals surface area contributed by atoms with E-state index in [9.17, 15) is 0 Å². The van der Waals surface area contributed by atoms with E-state index in [1.165, 1.54) is 22.4 Å². The quantitative estimate of drug-likeness (QED) is 0.719. The predicted molar refractivity (Wildman–Crippen MR) is 81.6 cm³/mol. The molecule has 0 unspecified atom stereocenters. The largest absolute Gasteiger partial charge is 0.383 e. The molecule has 0 spiro atoms. The number of hydrogen-bond acceptors (Lipinski definition) is 4. The SMILES string of the molecule is Nc1[nH]ncc1-c1nc2c(s1)CCCc1ccccc1-2. The molecule has 4 nitrogen and oxygen atoms in total. The zero-order chi connectivity index (χ0) is 13.5. The second-order valence-corrected chi connectivity index (χ2v) is 6.08. The number of benzene rings is 1. The first-order chi connectivity index (χ1) is 9.83. The number of nitrogens with one attached hydrogen (secondary N) is 1. The molecule has 0 atom stereocenters. The van der Waals surface area contributed by atoms with E-state index in [0.29, 0.717) is 5.82 Å². The Balaban J connectivity index is 1.90. The van der Waals surface area contributed by atoms with Gasteiger partial charge < -0.3 is 5.73 Å². The van der Waals surface area contributed by atoms with Crippen LogP contribution in [0, 0.1) is 0 Å². The Morgan fingerprint density at radius 3 is 2.90 bits per heavy atom. The zero-order valence-electron chi connectivity index (χ0n) is 10.9. The summed E-state index contributed by atoms with van der Waals surface area (Å²) in [6, 6.07) is 8.56. The molecule has 0 saturated carbocycles. The number of fused-ring (bicyclic) bond motifs is 3. The van der Waals surface area contributed by atoms with Crippen LogP contribution in [-0.2, 0) is 12.8 Å². The maximum atomic E-state index is 5.90. The summed E-state index contributed by atoms with van der Waals surface area (Å²) in [5.41, 5.74) is 10.6. The van der Waals surface area contributed by atoms with Gasteiger partial charge in [-0.3, -0.25) is 5.10 Å². The van der Waals surface area contributed by atoms with E-state index in [1.54, 1.807) is 17.5 Å². The second-order valence-electron chi connectivity index (χ2n) is 5.00. The number of rotatable bonds is 1. The average Bonchev–Trinajstić information content (AvgIpc) is 3.02. The number of H-pyrrole nitrogens is 1. The Morgan fingerprint density at radius 1 is 1.15 bits per heavy atom. The van der Waals surface area contributed by atoms with Crippen molar-refractivity contribution in [1.29, 1.82) is 0 Å². The van der Waals surface area contributed by atoms with Gasteiger partial charge in [-0.05, 0) is 24.8 Å². The second kappa shape index (κ2) is 4.45. The predicted octanol–water partition coefficient (Wildman–Crippen LogP) is 3.27. The van der Waals surface area contributed by atoms with Crippen molar-refractivity contribution in [3.63, 3.8) is 0 Å². The number of aromatic amines is 1. The molecule has 3 N–H and O–H groups in total. The molecule has 2 heterocycles. The van der Waals surface area contributed by atoms with E-state index < -0.39 is 0 Å². The fourth-order valence-electron chi connectivity index (χ4n) is 2.72. The fraction of sp³-hybridized carbons (Fsp3) is 0.200. The van der Waals surface area contributed by atoms with Crippen LogP contribution in [0.2, 0.25) is 0 Å². The topological polar surface area (TPSA) is 67.6 Å². The van der Waals surface area contributed by atoms with E-state index >= 15 is 0 Å². The van der Waals surface area contributed by atoms with Crippen LogP contribution in [-0.4, -0.2) is 15.2 Å². The van der Waals surface area contributed by atoms with Crippen LogP contribution in [0.15, 0.2) is 30.5 Å². The molecule has 3 aromatic rings. The Morgan fingerprint density at radius 2 is 2.05 bits per heavy atom. The summed E-state index contributed by atoms with van der Waals surface area (Å²) in [7, 11) is 0. The van der Waals surface area contributed by atoms with Gasteiger partial charge >= 0.3 is 0 Å². The first-order valence-electron chi connectivity index (χ1n) is 6.70. The third-order valence-corrected chi connectivity index (χ3v) is 4.87. The number of hydrogen-bond donors (Lipinski definition) is 2. The number of nitrogens with zero attached hydrogens (tertiary/aromatic N) is 2. The first-order valence-corrected chi connectivity index (χ1v) is 7.52. The maximum absolute atomic E-state index is 5.90. The van der Waals surface area contributed by atoms with Gasteiger partial charge in [-0.25, -0.2) is 4.98 Å². The van der Waals surface area contributed by atoms with E-state index in [1.807, 2.05) is 0 Å². The first kappa shape index (κ1) is 11.7. The summed E-state index contributed by atoms with van der Waals surface area (Å²) in [6.07, 6.45) is 5.13. The highest BCUT2D eigenvalue weighted by molar-refractivity contribution is 7.15. The van der Waals surface area contributed by atoms with Gasteiger partial charge in [0, 0.05) is 10.4 Å². The molecule has 1 aliphatic carbocycles. The Hall–Kier alpha value is -2.14. The highest BCUT2D eigenvalue weighted by Gasteiger charge is 2.20. The van der Waals surface area contributed by atoms with E-state index in [2.05, 4.69) is 34.5 Å². The zero-order valence-corrected chi connectivity index (χ0v) is 11.7. The van der Waals surface area contributed by atoms with Gasteiger partial charge in [0.2, 0.25) is 0 Å². The molecule has 1 aliphatic rings. The lowest BCUT2D eigenvalue weighted by molar-refractivity contribution is 0.843. The Kier molecular flexibility index (Phi) is 2.60. The van der Waals surface area contributed by atoms with Crippen molar-refractivity contribution < 1.29 is 0 Å². The monoisotopic (exact) mass is 282 g/mol. The number of thiazole rings is 1. The van der Waals surface area contributed by atoms with Gasteiger partial charge in [0.05, 0.1) is 17.5 Å². The molecule has 0 radical (unpaired) electrons. The smallest absolute Gasteiger partial charge is 0.129 e. The van der Waals surface area contributed by atoms with Gasteiger partial charge in [-0.1, -0.05) is 24.3 Å². The summed E-state index contributed by atoms with van der Waals surface area (Å²) in [5, 5.41) is 7.71. The van der Waals surface area contributed by atoms with Crippen molar-refractivity contribution >= 4 is 17.2 Å². The van der Waals surface area contributed by atoms with Crippen LogP contribution < -0.4 is 5.73 Å². The number of anilines is 1. The van der Waals surface area contributed by atoms with Crippen LogP contribution in [0.3, 0.4) is 0 Å². The van der Waals surface area contributed by atoms with Crippen molar-refractivity contribution in [3.05, 3.63) is 40.9 Å². The van der Waals surface area contributed by atoms with Crippen molar-refractivity contribution in [2.24, 2.45) is 0 Å². The van der Waals surface area contributed by atoms with Crippen LogP contribution in [0.5, 0.6) is 0 Å². The van der Waals surface area contributed by atoms with Crippen LogP contribution in [0.1, 0.15) is 16.9 Å². The molecule has 2 aromatic heterocycles. The molecule has 4 rings (SSSR count). The average molecular weight is 282 g/mol. The highest BCUT2D eigenvalue weighted by Crippen LogP contribution is 2.39. The summed E-state index contributed by atoms with van der Waals surface area (Å²) >= 11 is 1.73. The summed E-state index contributed by atoms with van der Waals surface area (Å²) in [4.78, 5) is 6.19. The third kappa shape index (κ3) is 1.74. The number of nitrogen functional groups attached to an aromatic ring is 1. The van der Waals surface area contributed by atoms with Gasteiger partial charge in [-0.15, -0.1) is 11.3 Å². The van der Waals surface area contributed by atoms with Crippen molar-refractivity contribution in [3.8, 4) is 21.8 Å². The van der Waals surface area contributed by atoms with Gasteiger partial charge in [-0.2, -0.15) is 5.10 Å². The minimum atomic E-state index is 0.585. The van der Waals surface area contributed by atoms with Crippen LogP contribution in [0.4, 0.5) is 5.82 Å². The van der Waals surface area contributed by atoms with E-state index in [-0.39, 0.29) is 0 Å². The summed E-state index contributed by atoms with van der Waals surface area (Å²) in [5.74, 6) is 0.585. The van der Waals surface area contributed by atoms with Crippen LogP contribution >= 0.6 is 11.3 Å². The minimum Gasteiger partial charge on any atom is -0.383 e. The fourth-order valence-corrected chi connectivity index (χ4v) is 3.86. The molecule has 100 valence electrons. The lowest BCUT2D eigenvalue weighted by atomic mass is 10.0. The third-order valence-electron chi connectivity index (χ3n) is 3.72. The normalized spacial score (nSPS) is 13.6. The van der Waals surface area contributed by atoms with E-state index in [0.717, 1.165) is 29.1 Å². The molecular formula is C15H14N4S. The number of aromatic nitrogens is 3. The summed E-state index contributed by atoms with van der Waals surface area (Å²) in [6.45, 7) is 0. The molecule has 20 heavy (non-hydrogen) atoms.